The molecule has 2 rings (SSSR count). The van der Waals surface area contributed by atoms with Crippen LogP contribution in [-0.2, 0) is 0 Å². The molecule has 1 atom stereocenters. The number of hydrogen-bond acceptors (Lipinski definition) is 2. The second-order valence-electron chi connectivity index (χ2n) is 6.36. The van der Waals surface area contributed by atoms with Crippen LogP contribution in [0, 0.1) is 0 Å². The molecule has 19 heavy (non-hydrogen) atoms. The van der Waals surface area contributed by atoms with Gasteiger partial charge >= 0.3 is 0 Å². The lowest BCUT2D eigenvalue weighted by molar-refractivity contribution is 0.366. The van der Waals surface area contributed by atoms with Crippen LogP contribution in [0.25, 0.3) is 0 Å². The van der Waals surface area contributed by atoms with E-state index >= 15 is 0 Å². The van der Waals surface area contributed by atoms with E-state index in [1.165, 1.54) is 24.1 Å². The molecular weight excluding hydrogens is 232 g/mol. The van der Waals surface area contributed by atoms with E-state index in [1.807, 2.05) is 0 Å². The molecule has 2 heteroatoms. The van der Waals surface area contributed by atoms with Crippen molar-refractivity contribution in [3.8, 4) is 0 Å². The first-order valence-electron chi connectivity index (χ1n) is 7.64. The number of nitrogens with zero attached hydrogens (tertiary/aromatic N) is 1. The average molecular weight is 260 g/mol. The minimum atomic E-state index is 0.243. The van der Waals surface area contributed by atoms with Gasteiger partial charge in [0.2, 0.25) is 0 Å². The maximum Gasteiger partial charge on any atom is 0.0367 e. The Morgan fingerprint density at radius 3 is 2.53 bits per heavy atom. The summed E-state index contributed by atoms with van der Waals surface area (Å²) >= 11 is 0. The van der Waals surface area contributed by atoms with E-state index in [4.69, 9.17) is 0 Å². The second kappa shape index (κ2) is 5.96. The Balaban J connectivity index is 2.15. The Hall–Kier alpha value is -1.02. The maximum absolute atomic E-state index is 3.70. The summed E-state index contributed by atoms with van der Waals surface area (Å²) in [4.78, 5) is 2.54. The largest absolute Gasteiger partial charge is 0.370 e. The van der Waals surface area contributed by atoms with Crippen molar-refractivity contribution in [1.82, 2.24) is 5.32 Å². The second-order valence-corrected chi connectivity index (χ2v) is 6.36. The molecule has 0 bridgehead atoms. The lowest BCUT2D eigenvalue weighted by atomic mass is 9.98. The zero-order valence-electron chi connectivity index (χ0n) is 12.9. The Morgan fingerprint density at radius 2 is 1.95 bits per heavy atom. The minimum absolute atomic E-state index is 0.243. The van der Waals surface area contributed by atoms with Gasteiger partial charge in [-0.25, -0.2) is 0 Å². The van der Waals surface area contributed by atoms with Crippen LogP contribution in [0.3, 0.4) is 0 Å². The fraction of sp³-hybridized carbons (Fsp3) is 0.647. The van der Waals surface area contributed by atoms with E-state index in [1.54, 1.807) is 0 Å². The highest BCUT2D eigenvalue weighted by molar-refractivity contribution is 5.48. The fourth-order valence-electron chi connectivity index (χ4n) is 2.74. The zero-order valence-corrected chi connectivity index (χ0v) is 12.9. The molecule has 1 N–H and O–H groups in total. The number of rotatable bonds is 3. The van der Waals surface area contributed by atoms with Crippen molar-refractivity contribution < 1.29 is 0 Å². The van der Waals surface area contributed by atoms with Gasteiger partial charge in [0.05, 0.1) is 0 Å². The van der Waals surface area contributed by atoms with Gasteiger partial charge in [0, 0.05) is 24.3 Å². The van der Waals surface area contributed by atoms with Crippen molar-refractivity contribution in [3.63, 3.8) is 0 Å². The molecule has 1 aromatic rings. The first kappa shape index (κ1) is 14.4. The molecule has 1 aromatic carbocycles. The molecule has 106 valence electrons. The van der Waals surface area contributed by atoms with Crippen LogP contribution in [0.2, 0.25) is 0 Å². The first-order valence-corrected chi connectivity index (χ1v) is 7.64. The third kappa shape index (κ3) is 3.50. The zero-order chi connectivity index (χ0) is 13.9. The highest BCUT2D eigenvalue weighted by Crippen LogP contribution is 2.24. The molecule has 1 unspecified atom stereocenters. The lowest BCUT2D eigenvalue weighted by Gasteiger charge is -2.34. The van der Waals surface area contributed by atoms with Gasteiger partial charge in [-0.1, -0.05) is 32.9 Å². The van der Waals surface area contributed by atoms with Crippen LogP contribution in [0.4, 0.5) is 5.69 Å². The number of nitrogens with one attached hydrogen (secondary N) is 1. The van der Waals surface area contributed by atoms with Gasteiger partial charge in [0.15, 0.2) is 0 Å². The SMILES string of the molecule is CCC1(C)CN(c2ccc(C(C)C)cc2)CCCN1. The summed E-state index contributed by atoms with van der Waals surface area (Å²) in [6.07, 6.45) is 2.40. The Kier molecular flexibility index (Phi) is 4.51. The van der Waals surface area contributed by atoms with Gasteiger partial charge in [-0.3, -0.25) is 0 Å². The summed E-state index contributed by atoms with van der Waals surface area (Å²) in [5.74, 6) is 0.612. The Bertz CT molecular complexity index is 396. The highest BCUT2D eigenvalue weighted by atomic mass is 15.2. The molecule has 0 amide bonds. The van der Waals surface area contributed by atoms with E-state index in [0.717, 1.165) is 19.6 Å². The first-order chi connectivity index (χ1) is 9.04. The number of hydrogen-bond donors (Lipinski definition) is 1. The topological polar surface area (TPSA) is 15.3 Å². The molecule has 0 radical (unpaired) electrons. The summed E-state index contributed by atoms with van der Waals surface area (Å²) < 4.78 is 0. The van der Waals surface area contributed by atoms with Crippen molar-refractivity contribution in [3.05, 3.63) is 29.8 Å². The summed E-state index contributed by atoms with van der Waals surface area (Å²) in [5.41, 5.74) is 3.04. The van der Waals surface area contributed by atoms with Crippen molar-refractivity contribution in [2.24, 2.45) is 0 Å². The standard InChI is InChI=1S/C17H28N2/c1-5-17(4)13-19(12-6-11-18-17)16-9-7-15(8-10-16)14(2)3/h7-10,14,18H,5-6,11-13H2,1-4H3. The maximum atomic E-state index is 3.70. The van der Waals surface area contributed by atoms with Crippen LogP contribution >= 0.6 is 0 Å². The molecule has 1 fully saturated rings. The molecule has 2 nitrogen and oxygen atoms in total. The third-order valence-corrected chi connectivity index (χ3v) is 4.40. The van der Waals surface area contributed by atoms with Gasteiger partial charge in [-0.05, 0) is 49.9 Å². The smallest absolute Gasteiger partial charge is 0.0367 e. The average Bonchev–Trinajstić information content (AvgIpc) is 2.62. The Morgan fingerprint density at radius 1 is 1.26 bits per heavy atom. The molecule has 0 saturated carbocycles. The van der Waals surface area contributed by atoms with Crippen LogP contribution < -0.4 is 10.2 Å². The van der Waals surface area contributed by atoms with Crippen LogP contribution in [0.5, 0.6) is 0 Å². The fourth-order valence-corrected chi connectivity index (χ4v) is 2.74. The minimum Gasteiger partial charge on any atom is -0.370 e. The highest BCUT2D eigenvalue weighted by Gasteiger charge is 2.27. The molecule has 0 aliphatic carbocycles. The molecule has 0 aromatic heterocycles. The molecular formula is C17H28N2. The molecule has 1 heterocycles. The molecule has 1 saturated heterocycles. The van der Waals surface area contributed by atoms with Gasteiger partial charge in [-0.15, -0.1) is 0 Å². The van der Waals surface area contributed by atoms with Crippen molar-refractivity contribution in [1.29, 1.82) is 0 Å². The van der Waals surface area contributed by atoms with Crippen molar-refractivity contribution >= 4 is 5.69 Å². The van der Waals surface area contributed by atoms with Crippen molar-refractivity contribution in [2.45, 2.75) is 52.0 Å². The summed E-state index contributed by atoms with van der Waals surface area (Å²) in [6.45, 7) is 12.5. The predicted octanol–water partition coefficient (Wildman–Crippen LogP) is 3.78. The van der Waals surface area contributed by atoms with Gasteiger partial charge in [0.25, 0.3) is 0 Å². The van der Waals surface area contributed by atoms with Gasteiger partial charge in [0.1, 0.15) is 0 Å². The van der Waals surface area contributed by atoms with E-state index in [9.17, 15) is 0 Å². The monoisotopic (exact) mass is 260 g/mol. The Labute approximate surface area is 118 Å². The summed E-state index contributed by atoms with van der Waals surface area (Å²) in [6, 6.07) is 9.14. The quantitative estimate of drug-likeness (QED) is 0.890. The normalized spacial score (nSPS) is 24.6. The van der Waals surface area contributed by atoms with Crippen molar-refractivity contribution in [2.75, 3.05) is 24.5 Å². The van der Waals surface area contributed by atoms with Gasteiger partial charge < -0.3 is 10.2 Å². The summed E-state index contributed by atoms with van der Waals surface area (Å²) in [5, 5.41) is 3.70. The number of benzene rings is 1. The number of anilines is 1. The van der Waals surface area contributed by atoms with Crippen LogP contribution in [0.15, 0.2) is 24.3 Å². The van der Waals surface area contributed by atoms with Crippen LogP contribution in [0.1, 0.15) is 52.0 Å². The lowest BCUT2D eigenvalue weighted by Crippen LogP contribution is -2.48. The van der Waals surface area contributed by atoms with E-state index in [0.29, 0.717) is 5.92 Å². The third-order valence-electron chi connectivity index (χ3n) is 4.40. The molecule has 1 aliphatic rings. The van der Waals surface area contributed by atoms with Crippen LogP contribution in [-0.4, -0.2) is 25.2 Å². The van der Waals surface area contributed by atoms with E-state index < -0.39 is 0 Å². The predicted molar refractivity (Wildman–Crippen MR) is 84.1 cm³/mol. The van der Waals surface area contributed by atoms with Gasteiger partial charge in [-0.2, -0.15) is 0 Å². The van der Waals surface area contributed by atoms with E-state index in [-0.39, 0.29) is 5.54 Å². The molecule has 0 spiro atoms. The summed E-state index contributed by atoms with van der Waals surface area (Å²) in [7, 11) is 0. The molecule has 1 aliphatic heterocycles. The van der Waals surface area contributed by atoms with E-state index in [2.05, 4.69) is 62.2 Å².